The van der Waals surface area contributed by atoms with Gasteiger partial charge in [-0.1, -0.05) is 12.1 Å². The molecule has 2 heterocycles. The van der Waals surface area contributed by atoms with Gasteiger partial charge in [-0.25, -0.2) is 4.39 Å². The van der Waals surface area contributed by atoms with E-state index in [0.29, 0.717) is 17.8 Å². The quantitative estimate of drug-likeness (QED) is 0.431. The predicted molar refractivity (Wildman–Crippen MR) is 113 cm³/mol. The number of benzene rings is 2. The van der Waals surface area contributed by atoms with Crippen molar-refractivity contribution in [1.82, 2.24) is 4.90 Å². The lowest BCUT2D eigenvalue weighted by molar-refractivity contribution is -0.385. The highest BCUT2D eigenvalue weighted by atomic mass is 19.1. The largest absolute Gasteiger partial charge is 0.307 e. The molecule has 0 bridgehead atoms. The van der Waals surface area contributed by atoms with Crippen LogP contribution < -0.4 is 4.90 Å². The van der Waals surface area contributed by atoms with Gasteiger partial charge in [-0.05, 0) is 62.7 Å². The van der Waals surface area contributed by atoms with Crippen LogP contribution in [0.1, 0.15) is 34.3 Å². The SMILES string of the molecule is C=CCN1CCC2(CC1)CN(C(=O)c1ccc(C)c([N+](=O)[O-])c1)c1ccc(F)cc12. The summed E-state index contributed by atoms with van der Waals surface area (Å²) in [5.41, 5.74) is 1.95. The van der Waals surface area contributed by atoms with Crippen molar-refractivity contribution < 1.29 is 14.1 Å². The van der Waals surface area contributed by atoms with Crippen LogP contribution in [-0.4, -0.2) is 41.9 Å². The van der Waals surface area contributed by atoms with E-state index in [0.717, 1.165) is 38.0 Å². The molecular formula is C23H24FN3O3. The summed E-state index contributed by atoms with van der Waals surface area (Å²) in [6.45, 7) is 8.39. The van der Waals surface area contributed by atoms with Crippen molar-refractivity contribution in [2.45, 2.75) is 25.2 Å². The van der Waals surface area contributed by atoms with Gasteiger partial charge in [0.2, 0.25) is 0 Å². The van der Waals surface area contributed by atoms with Gasteiger partial charge in [0.25, 0.3) is 11.6 Å². The summed E-state index contributed by atoms with van der Waals surface area (Å²) in [5, 5.41) is 11.3. The number of nitro benzene ring substituents is 1. The third-order valence-corrected chi connectivity index (χ3v) is 6.38. The maximum atomic E-state index is 14.1. The standard InChI is InChI=1S/C23H24FN3O3/c1-3-10-25-11-8-23(9-12-25)15-26(20-7-6-18(24)14-19(20)23)22(28)17-5-4-16(2)21(13-17)27(29)30/h3-7,13-14H,1,8-12,15H2,2H3. The number of fused-ring (bicyclic) bond motifs is 2. The average Bonchev–Trinajstić information content (AvgIpc) is 3.03. The lowest BCUT2D eigenvalue weighted by Crippen LogP contribution is -2.46. The number of carbonyl (C=O) groups is 1. The highest BCUT2D eigenvalue weighted by Gasteiger charge is 2.46. The molecule has 2 aliphatic rings. The van der Waals surface area contributed by atoms with Gasteiger partial charge in [0.1, 0.15) is 5.82 Å². The van der Waals surface area contributed by atoms with E-state index in [2.05, 4.69) is 11.5 Å². The number of nitrogens with zero attached hydrogens (tertiary/aromatic N) is 3. The Labute approximate surface area is 174 Å². The van der Waals surface area contributed by atoms with Crippen LogP contribution in [0.2, 0.25) is 0 Å². The van der Waals surface area contributed by atoms with Crippen LogP contribution in [0.4, 0.5) is 15.8 Å². The van der Waals surface area contributed by atoms with Gasteiger partial charge in [-0.2, -0.15) is 0 Å². The number of hydrogen-bond donors (Lipinski definition) is 0. The number of hydrogen-bond acceptors (Lipinski definition) is 4. The van der Waals surface area contributed by atoms with Gasteiger partial charge in [0.15, 0.2) is 0 Å². The minimum absolute atomic E-state index is 0.0770. The molecule has 0 radical (unpaired) electrons. The molecule has 7 heteroatoms. The Bertz CT molecular complexity index is 1030. The van der Waals surface area contributed by atoms with E-state index < -0.39 is 4.92 Å². The predicted octanol–water partition coefficient (Wildman–Crippen LogP) is 4.22. The van der Waals surface area contributed by atoms with Crippen molar-refractivity contribution in [3.05, 3.63) is 81.7 Å². The smallest absolute Gasteiger partial charge is 0.273 e. The van der Waals surface area contributed by atoms with Crippen LogP contribution in [0.3, 0.4) is 0 Å². The molecule has 0 saturated carbocycles. The monoisotopic (exact) mass is 409 g/mol. The summed E-state index contributed by atoms with van der Waals surface area (Å²) in [4.78, 5) is 28.1. The summed E-state index contributed by atoms with van der Waals surface area (Å²) in [5.74, 6) is -0.613. The van der Waals surface area contributed by atoms with E-state index in [4.69, 9.17) is 0 Å². The zero-order chi connectivity index (χ0) is 21.5. The molecule has 0 N–H and O–H groups in total. The van der Waals surface area contributed by atoms with E-state index >= 15 is 0 Å². The number of carbonyl (C=O) groups excluding carboxylic acids is 1. The Hall–Kier alpha value is -3.06. The molecule has 30 heavy (non-hydrogen) atoms. The first-order valence-electron chi connectivity index (χ1n) is 10.0. The zero-order valence-corrected chi connectivity index (χ0v) is 16.9. The fourth-order valence-electron chi connectivity index (χ4n) is 4.69. The third kappa shape index (κ3) is 3.39. The molecule has 1 spiro atoms. The number of nitro groups is 1. The molecule has 4 rings (SSSR count). The van der Waals surface area contributed by atoms with Crippen LogP contribution in [0.25, 0.3) is 0 Å². The number of likely N-dealkylation sites (tertiary alicyclic amines) is 1. The van der Waals surface area contributed by atoms with Crippen molar-refractivity contribution in [2.75, 3.05) is 31.1 Å². The fraction of sp³-hybridized carbons (Fsp3) is 0.348. The molecule has 0 aliphatic carbocycles. The number of piperidine rings is 1. The highest BCUT2D eigenvalue weighted by molar-refractivity contribution is 6.08. The number of anilines is 1. The van der Waals surface area contributed by atoms with Crippen LogP contribution in [0, 0.1) is 22.9 Å². The maximum absolute atomic E-state index is 14.1. The van der Waals surface area contributed by atoms with Crippen LogP contribution in [0.5, 0.6) is 0 Å². The molecule has 2 aromatic carbocycles. The summed E-state index contributed by atoms with van der Waals surface area (Å²) in [6, 6.07) is 9.10. The molecule has 0 unspecified atom stereocenters. The summed E-state index contributed by atoms with van der Waals surface area (Å²) >= 11 is 0. The Morgan fingerprint density at radius 2 is 2.00 bits per heavy atom. The first kappa shape index (κ1) is 20.2. The fourth-order valence-corrected chi connectivity index (χ4v) is 4.69. The summed E-state index contributed by atoms with van der Waals surface area (Å²) < 4.78 is 14.1. The van der Waals surface area contributed by atoms with E-state index in [1.807, 2.05) is 6.08 Å². The average molecular weight is 409 g/mol. The van der Waals surface area contributed by atoms with Crippen LogP contribution >= 0.6 is 0 Å². The second-order valence-corrected chi connectivity index (χ2v) is 8.18. The molecule has 1 saturated heterocycles. The lowest BCUT2D eigenvalue weighted by Gasteiger charge is -2.39. The van der Waals surface area contributed by atoms with Crippen molar-refractivity contribution in [1.29, 1.82) is 0 Å². The van der Waals surface area contributed by atoms with E-state index in [1.165, 1.54) is 12.1 Å². The lowest BCUT2D eigenvalue weighted by atomic mass is 9.74. The maximum Gasteiger partial charge on any atom is 0.273 e. The van der Waals surface area contributed by atoms with Crippen molar-refractivity contribution in [3.63, 3.8) is 0 Å². The normalized spacial score (nSPS) is 17.7. The topological polar surface area (TPSA) is 66.7 Å². The second kappa shape index (κ2) is 7.65. The van der Waals surface area contributed by atoms with Crippen LogP contribution in [0.15, 0.2) is 49.1 Å². The number of amides is 1. The molecule has 2 aromatic rings. The van der Waals surface area contributed by atoms with Gasteiger partial charge < -0.3 is 4.90 Å². The Balaban J connectivity index is 1.69. The minimum Gasteiger partial charge on any atom is -0.307 e. The van der Waals surface area contributed by atoms with E-state index in [-0.39, 0.29) is 28.4 Å². The Morgan fingerprint density at radius 3 is 2.67 bits per heavy atom. The number of halogens is 1. The van der Waals surface area contributed by atoms with Gasteiger partial charge >= 0.3 is 0 Å². The van der Waals surface area contributed by atoms with E-state index in [9.17, 15) is 19.3 Å². The molecule has 0 atom stereocenters. The second-order valence-electron chi connectivity index (χ2n) is 8.18. The van der Waals surface area contributed by atoms with Gasteiger partial charge in [0, 0.05) is 41.4 Å². The molecule has 2 aliphatic heterocycles. The third-order valence-electron chi connectivity index (χ3n) is 6.38. The molecule has 1 fully saturated rings. The van der Waals surface area contributed by atoms with Crippen LogP contribution in [-0.2, 0) is 5.41 Å². The first-order chi connectivity index (χ1) is 14.3. The van der Waals surface area contributed by atoms with Gasteiger partial charge in [-0.3, -0.25) is 19.8 Å². The van der Waals surface area contributed by atoms with Crippen molar-refractivity contribution in [2.24, 2.45) is 0 Å². The number of aryl methyl sites for hydroxylation is 1. The molecule has 1 amide bonds. The zero-order valence-electron chi connectivity index (χ0n) is 16.9. The van der Waals surface area contributed by atoms with Gasteiger partial charge in [-0.15, -0.1) is 6.58 Å². The van der Waals surface area contributed by atoms with Crippen molar-refractivity contribution >= 4 is 17.3 Å². The minimum atomic E-state index is -0.476. The van der Waals surface area contributed by atoms with E-state index in [1.54, 1.807) is 36.1 Å². The highest BCUT2D eigenvalue weighted by Crippen LogP contribution is 2.47. The van der Waals surface area contributed by atoms with Crippen molar-refractivity contribution in [3.8, 4) is 0 Å². The summed E-state index contributed by atoms with van der Waals surface area (Å²) in [7, 11) is 0. The molecule has 6 nitrogen and oxygen atoms in total. The Kier molecular flexibility index (Phi) is 5.15. The molecular weight excluding hydrogens is 385 g/mol. The molecule has 0 aromatic heterocycles. The summed E-state index contributed by atoms with van der Waals surface area (Å²) in [6.07, 6.45) is 3.50. The Morgan fingerprint density at radius 1 is 1.27 bits per heavy atom. The number of rotatable bonds is 4. The first-order valence-corrected chi connectivity index (χ1v) is 10.0. The molecule has 156 valence electrons. The van der Waals surface area contributed by atoms with Gasteiger partial charge in [0.05, 0.1) is 4.92 Å².